The summed E-state index contributed by atoms with van der Waals surface area (Å²) in [6.07, 6.45) is 3.51. The quantitative estimate of drug-likeness (QED) is 0.733. The first-order chi connectivity index (χ1) is 8.29. The molecule has 1 unspecified atom stereocenters. The van der Waals surface area contributed by atoms with Crippen molar-refractivity contribution in [2.75, 3.05) is 33.4 Å². The van der Waals surface area contributed by atoms with Crippen LogP contribution in [0.4, 0.5) is 0 Å². The molecule has 1 rings (SSSR count). The average molecular weight is 239 g/mol. The number of hydrogen-bond acceptors (Lipinski definition) is 4. The predicted molar refractivity (Wildman–Crippen MR) is 64.3 cm³/mol. The van der Waals surface area contributed by atoms with Crippen molar-refractivity contribution in [1.82, 2.24) is 10.2 Å². The highest BCUT2D eigenvalue weighted by molar-refractivity contribution is 5.82. The minimum Gasteiger partial charge on any atom is -0.383 e. The van der Waals surface area contributed by atoms with E-state index < -0.39 is 0 Å². The fraction of sp³-hybridized carbons (Fsp3) is 0.833. The van der Waals surface area contributed by atoms with E-state index in [4.69, 9.17) is 10.00 Å². The van der Waals surface area contributed by atoms with Crippen molar-refractivity contribution < 1.29 is 9.53 Å². The Morgan fingerprint density at radius 3 is 2.94 bits per heavy atom. The summed E-state index contributed by atoms with van der Waals surface area (Å²) in [4.78, 5) is 13.9. The van der Waals surface area contributed by atoms with E-state index in [0.717, 1.165) is 25.8 Å². The number of methoxy groups -OCH3 is 1. The second kappa shape index (κ2) is 8.04. The molecule has 1 amide bonds. The van der Waals surface area contributed by atoms with Gasteiger partial charge in [0.15, 0.2) is 0 Å². The number of rotatable bonds is 6. The maximum absolute atomic E-state index is 12.2. The van der Waals surface area contributed by atoms with E-state index in [2.05, 4.69) is 11.4 Å². The van der Waals surface area contributed by atoms with Crippen molar-refractivity contribution in [3.63, 3.8) is 0 Å². The normalized spacial score (nSPS) is 19.6. The van der Waals surface area contributed by atoms with Crippen molar-refractivity contribution in [2.45, 2.75) is 31.7 Å². The lowest BCUT2D eigenvalue weighted by Gasteiger charge is -2.29. The summed E-state index contributed by atoms with van der Waals surface area (Å²) >= 11 is 0. The van der Waals surface area contributed by atoms with Crippen LogP contribution in [0.25, 0.3) is 0 Å². The van der Waals surface area contributed by atoms with E-state index in [1.165, 1.54) is 0 Å². The average Bonchev–Trinajstić information content (AvgIpc) is 2.39. The second-order valence-corrected chi connectivity index (χ2v) is 4.23. The highest BCUT2D eigenvalue weighted by atomic mass is 16.5. The molecule has 96 valence electrons. The van der Waals surface area contributed by atoms with Crippen LogP contribution in [0.1, 0.15) is 25.7 Å². The van der Waals surface area contributed by atoms with Crippen LogP contribution in [0.15, 0.2) is 0 Å². The summed E-state index contributed by atoms with van der Waals surface area (Å²) in [5.41, 5.74) is 0. The molecule has 0 saturated carbocycles. The smallest absolute Gasteiger partial charge is 0.239 e. The zero-order valence-electron chi connectivity index (χ0n) is 10.4. The van der Waals surface area contributed by atoms with Gasteiger partial charge < -0.3 is 15.0 Å². The van der Waals surface area contributed by atoms with Gasteiger partial charge in [0.2, 0.25) is 5.91 Å². The van der Waals surface area contributed by atoms with Crippen LogP contribution in [0.2, 0.25) is 0 Å². The van der Waals surface area contributed by atoms with Gasteiger partial charge in [0.05, 0.1) is 25.1 Å². The van der Waals surface area contributed by atoms with Gasteiger partial charge in [-0.05, 0) is 19.4 Å². The Labute approximate surface area is 103 Å². The molecule has 1 N–H and O–H groups in total. The fourth-order valence-electron chi connectivity index (χ4n) is 2.00. The third-order valence-electron chi connectivity index (χ3n) is 2.98. The van der Waals surface area contributed by atoms with Crippen LogP contribution >= 0.6 is 0 Å². The summed E-state index contributed by atoms with van der Waals surface area (Å²) in [5.74, 6) is 0.108. The number of nitriles is 1. The first-order valence-electron chi connectivity index (χ1n) is 6.17. The van der Waals surface area contributed by atoms with E-state index >= 15 is 0 Å². The number of amides is 1. The molecule has 0 aliphatic carbocycles. The van der Waals surface area contributed by atoms with Crippen molar-refractivity contribution in [3.05, 3.63) is 0 Å². The molecule has 5 heteroatoms. The lowest BCUT2D eigenvalue weighted by Crippen LogP contribution is -2.49. The number of piperidine rings is 1. The molecule has 1 atom stereocenters. The Morgan fingerprint density at radius 2 is 2.35 bits per heavy atom. The summed E-state index contributed by atoms with van der Waals surface area (Å²) in [5, 5.41) is 11.8. The molecule has 0 spiro atoms. The van der Waals surface area contributed by atoms with Crippen LogP contribution in [-0.2, 0) is 9.53 Å². The summed E-state index contributed by atoms with van der Waals surface area (Å²) in [6.45, 7) is 2.49. The Balaban J connectivity index is 2.47. The molecule has 17 heavy (non-hydrogen) atoms. The standard InChI is InChI=1S/C12H21N3O2/c1-17-10-9-15(8-4-6-13)12(16)11-5-2-3-7-14-11/h11,14H,2-5,7-10H2,1H3. The lowest BCUT2D eigenvalue weighted by atomic mass is 10.0. The molecule has 1 fully saturated rings. The molecule has 0 aromatic heterocycles. The van der Waals surface area contributed by atoms with Gasteiger partial charge in [-0.2, -0.15) is 5.26 Å². The van der Waals surface area contributed by atoms with Crippen molar-refractivity contribution in [3.8, 4) is 6.07 Å². The SMILES string of the molecule is COCCN(CCC#N)C(=O)C1CCCCN1. The zero-order chi connectivity index (χ0) is 12.5. The Bertz CT molecular complexity index is 269. The second-order valence-electron chi connectivity index (χ2n) is 4.23. The van der Waals surface area contributed by atoms with Gasteiger partial charge in [0, 0.05) is 20.2 Å². The molecular weight excluding hydrogens is 218 g/mol. The first-order valence-corrected chi connectivity index (χ1v) is 6.17. The van der Waals surface area contributed by atoms with Crippen LogP contribution in [-0.4, -0.2) is 50.2 Å². The molecule has 1 heterocycles. The van der Waals surface area contributed by atoms with Gasteiger partial charge in [0.1, 0.15) is 0 Å². The number of carbonyl (C=O) groups is 1. The maximum Gasteiger partial charge on any atom is 0.239 e. The van der Waals surface area contributed by atoms with Crippen LogP contribution in [0.5, 0.6) is 0 Å². The Kier molecular flexibility index (Phi) is 6.60. The van der Waals surface area contributed by atoms with Crippen molar-refractivity contribution in [1.29, 1.82) is 5.26 Å². The minimum atomic E-state index is -0.0701. The highest BCUT2D eigenvalue weighted by Gasteiger charge is 2.25. The third-order valence-corrected chi connectivity index (χ3v) is 2.98. The molecule has 1 aliphatic rings. The molecular formula is C12H21N3O2. The predicted octanol–water partition coefficient (Wildman–Crippen LogP) is 0.517. The van der Waals surface area contributed by atoms with Gasteiger partial charge in [-0.3, -0.25) is 4.79 Å². The molecule has 1 aliphatic heterocycles. The topological polar surface area (TPSA) is 65.4 Å². The van der Waals surface area contributed by atoms with Gasteiger partial charge in [-0.1, -0.05) is 6.42 Å². The van der Waals surface area contributed by atoms with Crippen LogP contribution in [0, 0.1) is 11.3 Å². The van der Waals surface area contributed by atoms with Crippen molar-refractivity contribution >= 4 is 5.91 Å². The van der Waals surface area contributed by atoms with E-state index in [-0.39, 0.29) is 11.9 Å². The molecule has 0 aromatic rings. The molecule has 1 saturated heterocycles. The Hall–Kier alpha value is -1.12. The van der Waals surface area contributed by atoms with Gasteiger partial charge in [-0.15, -0.1) is 0 Å². The number of carbonyl (C=O) groups excluding carboxylic acids is 1. The van der Waals surface area contributed by atoms with Gasteiger partial charge in [-0.25, -0.2) is 0 Å². The van der Waals surface area contributed by atoms with E-state index in [9.17, 15) is 4.79 Å². The van der Waals surface area contributed by atoms with Gasteiger partial charge >= 0.3 is 0 Å². The summed E-state index contributed by atoms with van der Waals surface area (Å²) < 4.78 is 4.99. The van der Waals surface area contributed by atoms with E-state index in [1.54, 1.807) is 12.0 Å². The molecule has 0 bridgehead atoms. The monoisotopic (exact) mass is 239 g/mol. The maximum atomic E-state index is 12.2. The number of nitrogens with zero attached hydrogens (tertiary/aromatic N) is 2. The molecule has 0 radical (unpaired) electrons. The lowest BCUT2D eigenvalue weighted by molar-refractivity contribution is -0.134. The third kappa shape index (κ3) is 4.72. The van der Waals surface area contributed by atoms with E-state index in [1.807, 2.05) is 0 Å². The van der Waals surface area contributed by atoms with Crippen LogP contribution in [0.3, 0.4) is 0 Å². The highest BCUT2D eigenvalue weighted by Crippen LogP contribution is 2.10. The molecule has 5 nitrogen and oxygen atoms in total. The largest absolute Gasteiger partial charge is 0.383 e. The number of ether oxygens (including phenoxy) is 1. The number of hydrogen-bond donors (Lipinski definition) is 1. The van der Waals surface area contributed by atoms with Gasteiger partial charge in [0.25, 0.3) is 0 Å². The minimum absolute atomic E-state index is 0.0701. The van der Waals surface area contributed by atoms with E-state index in [0.29, 0.717) is 26.1 Å². The first kappa shape index (κ1) is 13.9. The Morgan fingerprint density at radius 1 is 1.53 bits per heavy atom. The van der Waals surface area contributed by atoms with Crippen molar-refractivity contribution in [2.24, 2.45) is 0 Å². The summed E-state index contributed by atoms with van der Waals surface area (Å²) in [6, 6.07) is 2.01. The molecule has 0 aromatic carbocycles. The summed E-state index contributed by atoms with van der Waals surface area (Å²) in [7, 11) is 1.62. The fourth-order valence-corrected chi connectivity index (χ4v) is 2.00. The zero-order valence-corrected chi connectivity index (χ0v) is 10.4. The van der Waals surface area contributed by atoms with Crippen LogP contribution < -0.4 is 5.32 Å². The number of nitrogens with one attached hydrogen (secondary N) is 1.